The van der Waals surface area contributed by atoms with Crippen molar-refractivity contribution in [2.75, 3.05) is 13.7 Å². The van der Waals surface area contributed by atoms with Crippen molar-refractivity contribution in [1.29, 1.82) is 0 Å². The largest absolute Gasteiger partial charge is 0.497 e. The van der Waals surface area contributed by atoms with E-state index in [0.717, 1.165) is 11.3 Å². The Hall–Kier alpha value is -2.41. The first-order valence-corrected chi connectivity index (χ1v) is 6.53. The summed E-state index contributed by atoms with van der Waals surface area (Å²) in [6, 6.07) is 7.08. The third kappa shape index (κ3) is 3.79. The molecule has 1 heterocycles. The molecule has 1 unspecified atom stereocenters. The topological polar surface area (TPSA) is 86.5 Å². The number of aliphatic hydroxyl groups is 1. The van der Waals surface area contributed by atoms with Gasteiger partial charge in [0.1, 0.15) is 5.75 Å². The van der Waals surface area contributed by atoms with Crippen LogP contribution in [-0.4, -0.2) is 39.8 Å². The molecular formula is C14H17N3O4. The lowest BCUT2D eigenvalue weighted by Gasteiger charge is -2.11. The van der Waals surface area contributed by atoms with Crippen LogP contribution in [0.5, 0.6) is 5.75 Å². The van der Waals surface area contributed by atoms with Gasteiger partial charge >= 0.3 is 5.97 Å². The number of benzene rings is 1. The Morgan fingerprint density at radius 1 is 1.38 bits per heavy atom. The van der Waals surface area contributed by atoms with E-state index in [1.165, 1.54) is 10.9 Å². The van der Waals surface area contributed by atoms with Crippen LogP contribution in [0.25, 0.3) is 0 Å². The first kappa shape index (κ1) is 15.0. The van der Waals surface area contributed by atoms with E-state index in [-0.39, 0.29) is 18.8 Å². The molecule has 1 aromatic carbocycles. The normalized spacial score (nSPS) is 12.0. The molecule has 0 radical (unpaired) electrons. The minimum absolute atomic E-state index is 0.124. The maximum atomic E-state index is 11.5. The molecule has 7 heteroatoms. The Bertz CT molecular complexity index is 595. The van der Waals surface area contributed by atoms with Gasteiger partial charge in [-0.05, 0) is 24.6 Å². The number of carbonyl (C=O) groups is 1. The maximum absolute atomic E-state index is 11.5. The predicted molar refractivity (Wildman–Crippen MR) is 73.9 cm³/mol. The Morgan fingerprint density at radius 2 is 2.10 bits per heavy atom. The number of hydrogen-bond donors (Lipinski definition) is 1. The van der Waals surface area contributed by atoms with Gasteiger partial charge in [0.05, 0.1) is 32.6 Å². The standard InChI is InChI=1S/C14H17N3O4/c1-3-21-14(19)12-8-17(16-15-12)9-13(18)10-4-6-11(20-2)7-5-10/h4-8,13,18H,3,9H2,1-2H3. The van der Waals surface area contributed by atoms with E-state index < -0.39 is 12.1 Å². The van der Waals surface area contributed by atoms with E-state index in [2.05, 4.69) is 10.3 Å². The van der Waals surface area contributed by atoms with E-state index in [1.807, 2.05) is 0 Å². The highest BCUT2D eigenvalue weighted by molar-refractivity contribution is 5.86. The van der Waals surface area contributed by atoms with Crippen LogP contribution in [0.15, 0.2) is 30.5 Å². The zero-order valence-corrected chi connectivity index (χ0v) is 11.9. The van der Waals surface area contributed by atoms with Crippen LogP contribution in [-0.2, 0) is 11.3 Å². The van der Waals surface area contributed by atoms with Crippen molar-refractivity contribution in [1.82, 2.24) is 15.0 Å². The minimum Gasteiger partial charge on any atom is -0.497 e. The van der Waals surface area contributed by atoms with Gasteiger partial charge in [-0.3, -0.25) is 0 Å². The fraction of sp³-hybridized carbons (Fsp3) is 0.357. The molecule has 0 amide bonds. The van der Waals surface area contributed by atoms with Crippen LogP contribution < -0.4 is 4.74 Å². The number of esters is 1. The molecule has 2 rings (SSSR count). The van der Waals surface area contributed by atoms with Crippen molar-refractivity contribution in [3.05, 3.63) is 41.7 Å². The summed E-state index contributed by atoms with van der Waals surface area (Å²) in [5.41, 5.74) is 0.850. The summed E-state index contributed by atoms with van der Waals surface area (Å²) in [7, 11) is 1.58. The first-order chi connectivity index (χ1) is 10.1. The van der Waals surface area contributed by atoms with Gasteiger partial charge in [0.15, 0.2) is 5.69 Å². The molecule has 0 fully saturated rings. The molecular weight excluding hydrogens is 274 g/mol. The van der Waals surface area contributed by atoms with Crippen molar-refractivity contribution < 1.29 is 19.4 Å². The Kier molecular flexibility index (Phi) is 4.89. The number of methoxy groups -OCH3 is 1. The third-order valence-corrected chi connectivity index (χ3v) is 2.88. The van der Waals surface area contributed by atoms with Crippen molar-refractivity contribution in [2.45, 2.75) is 19.6 Å². The molecule has 0 saturated heterocycles. The highest BCUT2D eigenvalue weighted by atomic mass is 16.5. The number of carbonyl (C=O) groups excluding carboxylic acids is 1. The van der Waals surface area contributed by atoms with Crippen molar-refractivity contribution in [3.63, 3.8) is 0 Å². The van der Waals surface area contributed by atoms with Gasteiger partial charge in [-0.15, -0.1) is 5.10 Å². The maximum Gasteiger partial charge on any atom is 0.360 e. The molecule has 21 heavy (non-hydrogen) atoms. The Morgan fingerprint density at radius 3 is 2.71 bits per heavy atom. The molecule has 0 aliphatic rings. The number of aliphatic hydroxyl groups excluding tert-OH is 1. The molecule has 0 bridgehead atoms. The second-order valence-electron chi connectivity index (χ2n) is 4.34. The molecule has 1 aromatic heterocycles. The molecule has 112 valence electrons. The Labute approximate surface area is 122 Å². The SMILES string of the molecule is CCOC(=O)c1cn(CC(O)c2ccc(OC)cc2)nn1. The van der Waals surface area contributed by atoms with Crippen LogP contribution in [0, 0.1) is 0 Å². The second-order valence-corrected chi connectivity index (χ2v) is 4.34. The number of ether oxygens (including phenoxy) is 2. The smallest absolute Gasteiger partial charge is 0.360 e. The number of hydrogen-bond acceptors (Lipinski definition) is 6. The summed E-state index contributed by atoms with van der Waals surface area (Å²) >= 11 is 0. The van der Waals surface area contributed by atoms with Gasteiger partial charge in [-0.1, -0.05) is 17.3 Å². The van der Waals surface area contributed by atoms with Crippen molar-refractivity contribution in [2.24, 2.45) is 0 Å². The summed E-state index contributed by atoms with van der Waals surface area (Å²) in [6.07, 6.45) is 0.692. The number of nitrogens with zero attached hydrogens (tertiary/aromatic N) is 3. The van der Waals surface area contributed by atoms with Gasteiger partial charge in [0.2, 0.25) is 0 Å². The summed E-state index contributed by atoms with van der Waals surface area (Å²) in [5, 5.41) is 17.7. The van der Waals surface area contributed by atoms with Crippen LogP contribution in [0.2, 0.25) is 0 Å². The van der Waals surface area contributed by atoms with Crippen molar-refractivity contribution >= 4 is 5.97 Å². The van der Waals surface area contributed by atoms with Crippen LogP contribution in [0.3, 0.4) is 0 Å². The molecule has 7 nitrogen and oxygen atoms in total. The molecule has 1 atom stereocenters. The monoisotopic (exact) mass is 291 g/mol. The summed E-state index contributed by atoms with van der Waals surface area (Å²) in [5.74, 6) is 0.194. The van der Waals surface area contributed by atoms with Gasteiger partial charge in [-0.2, -0.15) is 0 Å². The molecule has 0 aliphatic heterocycles. The second kappa shape index (κ2) is 6.85. The third-order valence-electron chi connectivity index (χ3n) is 2.88. The highest BCUT2D eigenvalue weighted by Gasteiger charge is 2.14. The summed E-state index contributed by atoms with van der Waals surface area (Å²) in [6.45, 7) is 2.19. The molecule has 0 saturated carbocycles. The van der Waals surface area contributed by atoms with Gasteiger partial charge in [0, 0.05) is 0 Å². The fourth-order valence-corrected chi connectivity index (χ4v) is 1.79. The summed E-state index contributed by atoms with van der Waals surface area (Å²) in [4.78, 5) is 11.5. The zero-order chi connectivity index (χ0) is 15.2. The van der Waals surface area contributed by atoms with Crippen LogP contribution in [0.1, 0.15) is 29.1 Å². The lowest BCUT2D eigenvalue weighted by Crippen LogP contribution is -2.09. The quantitative estimate of drug-likeness (QED) is 0.805. The van der Waals surface area contributed by atoms with Gasteiger partial charge < -0.3 is 14.6 Å². The van der Waals surface area contributed by atoms with E-state index in [1.54, 1.807) is 38.3 Å². The average molecular weight is 291 g/mol. The zero-order valence-electron chi connectivity index (χ0n) is 11.9. The van der Waals surface area contributed by atoms with E-state index in [4.69, 9.17) is 9.47 Å². The van der Waals surface area contributed by atoms with E-state index in [9.17, 15) is 9.90 Å². The molecule has 0 aliphatic carbocycles. The highest BCUT2D eigenvalue weighted by Crippen LogP contribution is 2.18. The fourth-order valence-electron chi connectivity index (χ4n) is 1.79. The predicted octanol–water partition coefficient (Wildman–Crippen LogP) is 1.20. The minimum atomic E-state index is -0.757. The molecule has 2 aromatic rings. The molecule has 0 spiro atoms. The van der Waals surface area contributed by atoms with Crippen LogP contribution >= 0.6 is 0 Å². The van der Waals surface area contributed by atoms with Gasteiger partial charge in [0.25, 0.3) is 0 Å². The lowest BCUT2D eigenvalue weighted by molar-refractivity contribution is 0.0519. The molecule has 1 N–H and O–H groups in total. The average Bonchev–Trinajstić information content (AvgIpc) is 2.96. The van der Waals surface area contributed by atoms with Crippen molar-refractivity contribution in [3.8, 4) is 5.75 Å². The van der Waals surface area contributed by atoms with E-state index in [0.29, 0.717) is 0 Å². The first-order valence-electron chi connectivity index (χ1n) is 6.53. The number of rotatable bonds is 6. The van der Waals surface area contributed by atoms with Crippen LogP contribution in [0.4, 0.5) is 0 Å². The Balaban J connectivity index is 2.01. The summed E-state index contributed by atoms with van der Waals surface area (Å²) < 4.78 is 11.3. The van der Waals surface area contributed by atoms with E-state index >= 15 is 0 Å². The number of aromatic nitrogens is 3. The van der Waals surface area contributed by atoms with Gasteiger partial charge in [-0.25, -0.2) is 9.48 Å². The lowest BCUT2D eigenvalue weighted by atomic mass is 10.1.